The SMILES string of the molecule is COC(=O)C(Br)(Br)C(=O)c1ccccc1. The first-order valence-electron chi connectivity index (χ1n) is 4.06. The van der Waals surface area contributed by atoms with E-state index in [1.54, 1.807) is 30.3 Å². The van der Waals surface area contributed by atoms with Crippen LogP contribution in [0.15, 0.2) is 30.3 Å². The van der Waals surface area contributed by atoms with Crippen molar-refractivity contribution in [2.75, 3.05) is 7.11 Å². The van der Waals surface area contributed by atoms with E-state index in [1.165, 1.54) is 7.11 Å². The third-order valence-corrected chi connectivity index (χ3v) is 3.13. The highest BCUT2D eigenvalue weighted by atomic mass is 79.9. The van der Waals surface area contributed by atoms with Gasteiger partial charge in [0.2, 0.25) is 9.02 Å². The molecular formula is C10H8Br2O3. The maximum absolute atomic E-state index is 11.9. The molecule has 0 aromatic heterocycles. The van der Waals surface area contributed by atoms with E-state index in [-0.39, 0.29) is 0 Å². The topological polar surface area (TPSA) is 43.4 Å². The van der Waals surface area contributed by atoms with Gasteiger partial charge in [-0.15, -0.1) is 0 Å². The number of hydrogen-bond acceptors (Lipinski definition) is 3. The zero-order chi connectivity index (χ0) is 11.5. The molecule has 0 unspecified atom stereocenters. The van der Waals surface area contributed by atoms with Crippen LogP contribution in [0, 0.1) is 0 Å². The van der Waals surface area contributed by atoms with E-state index >= 15 is 0 Å². The Balaban J connectivity index is 3.00. The molecule has 0 saturated carbocycles. The summed E-state index contributed by atoms with van der Waals surface area (Å²) in [6, 6.07) is 8.49. The fraction of sp³-hybridized carbons (Fsp3) is 0.200. The van der Waals surface area contributed by atoms with E-state index in [0.29, 0.717) is 5.56 Å². The minimum Gasteiger partial charge on any atom is -0.467 e. The number of Topliss-reactive ketones (excluding diaryl/α,β-unsaturated/α-hetero) is 1. The Bertz CT molecular complexity index is 374. The molecule has 1 rings (SSSR count). The van der Waals surface area contributed by atoms with Gasteiger partial charge in [-0.05, 0) is 0 Å². The van der Waals surface area contributed by atoms with Crippen LogP contribution in [0.2, 0.25) is 0 Å². The highest BCUT2D eigenvalue weighted by Crippen LogP contribution is 2.31. The lowest BCUT2D eigenvalue weighted by Gasteiger charge is -2.15. The number of halogens is 2. The first kappa shape index (κ1) is 12.4. The molecule has 15 heavy (non-hydrogen) atoms. The minimum atomic E-state index is -1.50. The van der Waals surface area contributed by atoms with Crippen molar-refractivity contribution in [1.29, 1.82) is 0 Å². The van der Waals surface area contributed by atoms with Gasteiger partial charge in [0.25, 0.3) is 0 Å². The summed E-state index contributed by atoms with van der Waals surface area (Å²) in [7, 11) is 1.22. The predicted molar refractivity (Wildman–Crippen MR) is 63.4 cm³/mol. The second kappa shape index (κ2) is 4.90. The number of methoxy groups -OCH3 is 1. The molecule has 0 radical (unpaired) electrons. The van der Waals surface area contributed by atoms with Crippen LogP contribution in [0.5, 0.6) is 0 Å². The standard InChI is InChI=1S/C10H8Br2O3/c1-15-9(14)10(11,12)8(13)7-5-3-2-4-6-7/h2-6H,1H3. The summed E-state index contributed by atoms with van der Waals surface area (Å²) < 4.78 is 3.00. The fourth-order valence-electron chi connectivity index (χ4n) is 0.992. The Morgan fingerprint density at radius 3 is 2.20 bits per heavy atom. The van der Waals surface area contributed by atoms with Gasteiger partial charge < -0.3 is 4.74 Å². The number of carbonyl (C=O) groups excluding carboxylic acids is 2. The van der Waals surface area contributed by atoms with Gasteiger partial charge in [0.05, 0.1) is 7.11 Å². The van der Waals surface area contributed by atoms with E-state index in [0.717, 1.165) is 0 Å². The van der Waals surface area contributed by atoms with Crippen molar-refractivity contribution in [3.05, 3.63) is 35.9 Å². The number of esters is 1. The Morgan fingerprint density at radius 1 is 1.20 bits per heavy atom. The second-order valence-electron chi connectivity index (χ2n) is 2.76. The summed E-state index contributed by atoms with van der Waals surface area (Å²) in [6.45, 7) is 0. The maximum Gasteiger partial charge on any atom is 0.341 e. The highest BCUT2D eigenvalue weighted by molar-refractivity contribution is 9.26. The van der Waals surface area contributed by atoms with Gasteiger partial charge in [0.1, 0.15) is 0 Å². The maximum atomic E-state index is 11.9. The van der Waals surface area contributed by atoms with Crippen molar-refractivity contribution in [2.45, 2.75) is 3.23 Å². The molecule has 5 heteroatoms. The lowest BCUT2D eigenvalue weighted by Crippen LogP contribution is -2.35. The molecular weight excluding hydrogens is 328 g/mol. The molecule has 0 N–H and O–H groups in total. The first-order chi connectivity index (χ1) is 7.00. The molecule has 0 amide bonds. The number of rotatable bonds is 3. The predicted octanol–water partition coefficient (Wildman–Crippen LogP) is 2.53. The van der Waals surface area contributed by atoms with E-state index in [9.17, 15) is 9.59 Å². The molecule has 1 aromatic rings. The number of carbonyl (C=O) groups is 2. The number of ketones is 1. The fourth-order valence-corrected chi connectivity index (χ4v) is 1.77. The third-order valence-electron chi connectivity index (χ3n) is 1.76. The van der Waals surface area contributed by atoms with Crippen molar-refractivity contribution >= 4 is 43.6 Å². The zero-order valence-electron chi connectivity index (χ0n) is 7.87. The van der Waals surface area contributed by atoms with Crippen molar-refractivity contribution in [2.24, 2.45) is 0 Å². The summed E-state index contributed by atoms with van der Waals surface area (Å²) in [5, 5.41) is 0. The smallest absolute Gasteiger partial charge is 0.341 e. The van der Waals surface area contributed by atoms with Crippen LogP contribution in [0.3, 0.4) is 0 Å². The van der Waals surface area contributed by atoms with Crippen molar-refractivity contribution < 1.29 is 14.3 Å². The minimum absolute atomic E-state index is 0.394. The monoisotopic (exact) mass is 334 g/mol. The summed E-state index contributed by atoms with van der Waals surface area (Å²) in [6.07, 6.45) is 0. The normalized spacial score (nSPS) is 10.9. The molecule has 3 nitrogen and oxygen atoms in total. The van der Waals surface area contributed by atoms with Crippen molar-refractivity contribution in [1.82, 2.24) is 0 Å². The molecule has 0 heterocycles. The summed E-state index contributed by atoms with van der Waals surface area (Å²) in [5.41, 5.74) is 0.427. The van der Waals surface area contributed by atoms with E-state index in [1.807, 2.05) is 0 Å². The Hall–Kier alpha value is -0.680. The molecule has 0 saturated heterocycles. The Morgan fingerprint density at radius 2 is 1.73 bits per heavy atom. The molecule has 0 atom stereocenters. The van der Waals surface area contributed by atoms with Gasteiger partial charge in [-0.2, -0.15) is 0 Å². The molecule has 80 valence electrons. The summed E-state index contributed by atoms with van der Waals surface area (Å²) in [4.78, 5) is 23.2. The lowest BCUT2D eigenvalue weighted by molar-refractivity contribution is -0.139. The molecule has 0 fully saturated rings. The van der Waals surface area contributed by atoms with Crippen LogP contribution in [-0.2, 0) is 9.53 Å². The Kier molecular flexibility index (Phi) is 4.04. The van der Waals surface area contributed by atoms with Crippen LogP contribution >= 0.6 is 31.9 Å². The third kappa shape index (κ3) is 2.66. The van der Waals surface area contributed by atoms with E-state index < -0.39 is 15.0 Å². The summed E-state index contributed by atoms with van der Waals surface area (Å²) >= 11 is 6.00. The molecule has 0 spiro atoms. The molecule has 0 bridgehead atoms. The molecule has 0 aliphatic heterocycles. The number of benzene rings is 1. The van der Waals surface area contributed by atoms with Crippen molar-refractivity contribution in [3.63, 3.8) is 0 Å². The van der Waals surface area contributed by atoms with E-state index in [4.69, 9.17) is 0 Å². The lowest BCUT2D eigenvalue weighted by atomic mass is 10.1. The van der Waals surface area contributed by atoms with Crippen LogP contribution < -0.4 is 0 Å². The van der Waals surface area contributed by atoms with Gasteiger partial charge in [0.15, 0.2) is 0 Å². The van der Waals surface area contributed by atoms with Crippen molar-refractivity contribution in [3.8, 4) is 0 Å². The zero-order valence-corrected chi connectivity index (χ0v) is 11.0. The average molecular weight is 336 g/mol. The Labute approximate surface area is 104 Å². The number of ether oxygens (including phenoxy) is 1. The molecule has 1 aromatic carbocycles. The van der Waals surface area contributed by atoms with Crippen LogP contribution in [0.1, 0.15) is 10.4 Å². The number of hydrogen-bond donors (Lipinski definition) is 0. The molecule has 0 aliphatic carbocycles. The number of alkyl halides is 2. The molecule has 0 aliphatic rings. The van der Waals surface area contributed by atoms with Gasteiger partial charge in [-0.1, -0.05) is 62.2 Å². The van der Waals surface area contributed by atoms with Gasteiger partial charge in [-0.3, -0.25) is 4.79 Å². The van der Waals surface area contributed by atoms with Gasteiger partial charge in [0, 0.05) is 5.56 Å². The van der Waals surface area contributed by atoms with Gasteiger partial charge >= 0.3 is 5.97 Å². The quantitative estimate of drug-likeness (QED) is 0.369. The average Bonchev–Trinajstić information content (AvgIpc) is 2.28. The highest BCUT2D eigenvalue weighted by Gasteiger charge is 2.42. The first-order valence-corrected chi connectivity index (χ1v) is 5.65. The van der Waals surface area contributed by atoms with Crippen LogP contribution in [-0.4, -0.2) is 22.1 Å². The van der Waals surface area contributed by atoms with Crippen LogP contribution in [0.25, 0.3) is 0 Å². The summed E-state index contributed by atoms with van der Waals surface area (Å²) in [5.74, 6) is -1.08. The second-order valence-corrected chi connectivity index (χ2v) is 6.20. The largest absolute Gasteiger partial charge is 0.467 e. The van der Waals surface area contributed by atoms with E-state index in [2.05, 4.69) is 36.6 Å². The van der Waals surface area contributed by atoms with Crippen LogP contribution in [0.4, 0.5) is 0 Å². The van der Waals surface area contributed by atoms with Gasteiger partial charge in [-0.25, -0.2) is 4.79 Å².